The molecule has 2 rings (SSSR count). The molecular weight excluding hydrogens is 192 g/mol. The highest BCUT2D eigenvalue weighted by atomic mass is 16.3. The zero-order chi connectivity index (χ0) is 10.7. The standard InChI is InChI=1S/C11H20N2O2/c14-8-9-5-11(15)13(7-9)10-3-1-2-4-12-6-10/h9-10,12,14H,1-8H2. The molecule has 2 saturated heterocycles. The van der Waals surface area contributed by atoms with Crippen molar-refractivity contribution in [2.75, 3.05) is 26.2 Å². The number of carbonyl (C=O) groups is 1. The van der Waals surface area contributed by atoms with Crippen LogP contribution in [0.3, 0.4) is 0 Å². The van der Waals surface area contributed by atoms with Crippen molar-refractivity contribution in [2.45, 2.75) is 31.7 Å². The molecule has 0 aromatic rings. The highest BCUT2D eigenvalue weighted by molar-refractivity contribution is 5.79. The quantitative estimate of drug-likeness (QED) is 0.676. The first kappa shape index (κ1) is 10.9. The van der Waals surface area contributed by atoms with Crippen LogP contribution in [0.25, 0.3) is 0 Å². The van der Waals surface area contributed by atoms with Crippen molar-refractivity contribution in [3.63, 3.8) is 0 Å². The van der Waals surface area contributed by atoms with E-state index in [-0.39, 0.29) is 18.4 Å². The van der Waals surface area contributed by atoms with Gasteiger partial charge in [-0.3, -0.25) is 4.79 Å². The summed E-state index contributed by atoms with van der Waals surface area (Å²) in [5.74, 6) is 0.392. The number of nitrogens with one attached hydrogen (secondary N) is 1. The monoisotopic (exact) mass is 212 g/mol. The summed E-state index contributed by atoms with van der Waals surface area (Å²) in [5, 5.41) is 12.4. The molecule has 2 unspecified atom stereocenters. The third-order valence-corrected chi connectivity index (χ3v) is 3.46. The summed E-state index contributed by atoms with van der Waals surface area (Å²) in [6, 6.07) is 0.358. The zero-order valence-electron chi connectivity index (χ0n) is 9.11. The van der Waals surface area contributed by atoms with Crippen LogP contribution in [0.2, 0.25) is 0 Å². The third kappa shape index (κ3) is 2.49. The molecular formula is C11H20N2O2. The van der Waals surface area contributed by atoms with Gasteiger partial charge >= 0.3 is 0 Å². The molecule has 4 heteroatoms. The van der Waals surface area contributed by atoms with Gasteiger partial charge in [0.15, 0.2) is 0 Å². The second-order valence-electron chi connectivity index (χ2n) is 4.65. The highest BCUT2D eigenvalue weighted by Crippen LogP contribution is 2.22. The summed E-state index contributed by atoms with van der Waals surface area (Å²) < 4.78 is 0. The molecule has 0 aromatic carbocycles. The Morgan fingerprint density at radius 1 is 1.47 bits per heavy atom. The fourth-order valence-electron chi connectivity index (χ4n) is 2.55. The van der Waals surface area contributed by atoms with E-state index >= 15 is 0 Å². The maximum Gasteiger partial charge on any atom is 0.223 e. The van der Waals surface area contributed by atoms with Crippen molar-refractivity contribution in [2.24, 2.45) is 5.92 Å². The molecule has 0 aliphatic carbocycles. The van der Waals surface area contributed by atoms with Gasteiger partial charge in [-0.15, -0.1) is 0 Å². The number of nitrogens with zero attached hydrogens (tertiary/aromatic N) is 1. The number of rotatable bonds is 2. The van der Waals surface area contributed by atoms with Crippen molar-refractivity contribution in [3.8, 4) is 0 Å². The SMILES string of the molecule is O=C1CC(CO)CN1C1CCCCNC1. The number of hydrogen-bond acceptors (Lipinski definition) is 3. The van der Waals surface area contributed by atoms with E-state index < -0.39 is 0 Å². The molecule has 15 heavy (non-hydrogen) atoms. The Bertz CT molecular complexity index is 225. The minimum Gasteiger partial charge on any atom is -0.396 e. The summed E-state index contributed by atoms with van der Waals surface area (Å²) in [7, 11) is 0. The Hall–Kier alpha value is -0.610. The summed E-state index contributed by atoms with van der Waals surface area (Å²) in [6.07, 6.45) is 4.05. The van der Waals surface area contributed by atoms with Crippen molar-refractivity contribution in [1.82, 2.24) is 10.2 Å². The Morgan fingerprint density at radius 3 is 3.07 bits per heavy atom. The largest absolute Gasteiger partial charge is 0.396 e. The van der Waals surface area contributed by atoms with Crippen LogP contribution in [-0.2, 0) is 4.79 Å². The normalized spacial score (nSPS) is 33.1. The lowest BCUT2D eigenvalue weighted by Crippen LogP contribution is -2.42. The maximum atomic E-state index is 11.7. The van der Waals surface area contributed by atoms with Crippen LogP contribution in [0.5, 0.6) is 0 Å². The smallest absolute Gasteiger partial charge is 0.223 e. The molecule has 2 aliphatic rings. The van der Waals surface area contributed by atoms with Crippen LogP contribution in [0, 0.1) is 5.92 Å². The van der Waals surface area contributed by atoms with Gasteiger partial charge < -0.3 is 15.3 Å². The molecule has 1 amide bonds. The molecule has 2 aliphatic heterocycles. The Morgan fingerprint density at radius 2 is 2.33 bits per heavy atom. The number of hydrogen-bond donors (Lipinski definition) is 2. The van der Waals surface area contributed by atoms with Crippen LogP contribution in [0.15, 0.2) is 0 Å². The van der Waals surface area contributed by atoms with Gasteiger partial charge in [0.25, 0.3) is 0 Å². The van der Waals surface area contributed by atoms with Gasteiger partial charge in [-0.2, -0.15) is 0 Å². The molecule has 2 N–H and O–H groups in total. The van der Waals surface area contributed by atoms with E-state index in [2.05, 4.69) is 5.32 Å². The molecule has 0 radical (unpaired) electrons. The van der Waals surface area contributed by atoms with E-state index in [1.807, 2.05) is 4.90 Å². The van der Waals surface area contributed by atoms with Crippen LogP contribution in [0.1, 0.15) is 25.7 Å². The lowest BCUT2D eigenvalue weighted by Gasteiger charge is -2.27. The molecule has 2 fully saturated rings. The number of likely N-dealkylation sites (tertiary alicyclic amines) is 1. The number of carbonyl (C=O) groups excluding carboxylic acids is 1. The second-order valence-corrected chi connectivity index (χ2v) is 4.65. The van der Waals surface area contributed by atoms with Gasteiger partial charge in [-0.05, 0) is 19.4 Å². The lowest BCUT2D eigenvalue weighted by atomic mass is 10.1. The van der Waals surface area contributed by atoms with Gasteiger partial charge in [0, 0.05) is 38.1 Å². The maximum absolute atomic E-state index is 11.7. The predicted molar refractivity (Wildman–Crippen MR) is 57.4 cm³/mol. The fraction of sp³-hybridized carbons (Fsp3) is 0.909. The third-order valence-electron chi connectivity index (χ3n) is 3.46. The van der Waals surface area contributed by atoms with Crippen LogP contribution < -0.4 is 5.32 Å². The molecule has 2 heterocycles. The van der Waals surface area contributed by atoms with Gasteiger partial charge in [-0.1, -0.05) is 6.42 Å². The lowest BCUT2D eigenvalue weighted by molar-refractivity contribution is -0.129. The molecule has 0 spiro atoms. The molecule has 0 aromatic heterocycles. The number of aliphatic hydroxyl groups excluding tert-OH is 1. The minimum atomic E-state index is 0.141. The Balaban J connectivity index is 1.94. The van der Waals surface area contributed by atoms with E-state index in [0.29, 0.717) is 12.5 Å². The van der Waals surface area contributed by atoms with Crippen LogP contribution in [0.4, 0.5) is 0 Å². The van der Waals surface area contributed by atoms with Gasteiger partial charge in [0.05, 0.1) is 0 Å². The average molecular weight is 212 g/mol. The zero-order valence-corrected chi connectivity index (χ0v) is 9.11. The van der Waals surface area contributed by atoms with Gasteiger partial charge in [-0.25, -0.2) is 0 Å². The molecule has 0 bridgehead atoms. The Labute approximate surface area is 90.6 Å². The molecule has 2 atom stereocenters. The summed E-state index contributed by atoms with van der Waals surface area (Å²) in [5.41, 5.74) is 0. The van der Waals surface area contributed by atoms with E-state index in [4.69, 9.17) is 5.11 Å². The first-order valence-corrected chi connectivity index (χ1v) is 5.92. The van der Waals surface area contributed by atoms with E-state index in [0.717, 1.165) is 26.1 Å². The summed E-state index contributed by atoms with van der Waals surface area (Å²) in [4.78, 5) is 13.7. The first-order valence-electron chi connectivity index (χ1n) is 5.92. The second kappa shape index (κ2) is 4.94. The van der Waals surface area contributed by atoms with Crippen LogP contribution >= 0.6 is 0 Å². The van der Waals surface area contributed by atoms with Crippen molar-refractivity contribution in [3.05, 3.63) is 0 Å². The molecule has 4 nitrogen and oxygen atoms in total. The average Bonchev–Trinajstić information content (AvgIpc) is 2.48. The van der Waals surface area contributed by atoms with Crippen molar-refractivity contribution < 1.29 is 9.90 Å². The van der Waals surface area contributed by atoms with Crippen molar-refractivity contribution >= 4 is 5.91 Å². The van der Waals surface area contributed by atoms with E-state index in [9.17, 15) is 4.79 Å². The molecule has 0 saturated carbocycles. The first-order chi connectivity index (χ1) is 7.31. The van der Waals surface area contributed by atoms with E-state index in [1.165, 1.54) is 12.8 Å². The summed E-state index contributed by atoms with van der Waals surface area (Å²) >= 11 is 0. The van der Waals surface area contributed by atoms with Gasteiger partial charge in [0.2, 0.25) is 5.91 Å². The predicted octanol–water partition coefficient (Wildman–Crippen LogP) is -0.0307. The minimum absolute atomic E-state index is 0.141. The van der Waals surface area contributed by atoms with Crippen molar-refractivity contribution in [1.29, 1.82) is 0 Å². The fourth-order valence-corrected chi connectivity index (χ4v) is 2.55. The van der Waals surface area contributed by atoms with E-state index in [1.54, 1.807) is 0 Å². The topological polar surface area (TPSA) is 52.6 Å². The molecule has 86 valence electrons. The highest BCUT2D eigenvalue weighted by Gasteiger charge is 2.33. The summed E-state index contributed by atoms with van der Waals surface area (Å²) in [6.45, 7) is 2.88. The van der Waals surface area contributed by atoms with Gasteiger partial charge in [0.1, 0.15) is 0 Å². The number of amides is 1. The van der Waals surface area contributed by atoms with Crippen LogP contribution in [-0.4, -0.2) is 48.2 Å². The Kier molecular flexibility index (Phi) is 3.59. The number of aliphatic hydroxyl groups is 1.